The minimum Gasteiger partial charge on any atom is -0.369 e. The van der Waals surface area contributed by atoms with Crippen LogP contribution in [0.5, 0.6) is 0 Å². The Labute approximate surface area is 231 Å². The van der Waals surface area contributed by atoms with Gasteiger partial charge in [0.15, 0.2) is 5.82 Å². The number of rotatable bonds is 6. The molecule has 3 heterocycles. The van der Waals surface area contributed by atoms with E-state index in [-0.39, 0.29) is 5.56 Å². The molecule has 1 atom stereocenters. The van der Waals surface area contributed by atoms with Crippen LogP contribution in [-0.4, -0.2) is 56.3 Å². The van der Waals surface area contributed by atoms with Gasteiger partial charge >= 0.3 is 0 Å². The van der Waals surface area contributed by atoms with Crippen LogP contribution in [0.15, 0.2) is 77.6 Å². The highest BCUT2D eigenvalue weighted by Crippen LogP contribution is 2.31. The predicted molar refractivity (Wildman–Crippen MR) is 154 cm³/mol. The second-order valence-corrected chi connectivity index (χ2v) is 10.6. The fourth-order valence-corrected chi connectivity index (χ4v) is 5.69. The molecule has 0 bridgehead atoms. The molecule has 6 rings (SSSR count). The first kappa shape index (κ1) is 25.3. The lowest BCUT2D eigenvalue weighted by Crippen LogP contribution is -2.49. The number of benzene rings is 3. The Bertz CT molecular complexity index is 1670. The van der Waals surface area contributed by atoms with E-state index in [2.05, 4.69) is 55.4 Å². The lowest BCUT2D eigenvalue weighted by atomic mass is 10.0. The first-order chi connectivity index (χ1) is 19.0. The summed E-state index contributed by atoms with van der Waals surface area (Å²) in [6.45, 7) is 7.69. The van der Waals surface area contributed by atoms with E-state index in [0.717, 1.165) is 58.9 Å². The van der Waals surface area contributed by atoms with Crippen LogP contribution in [0.25, 0.3) is 10.9 Å². The van der Waals surface area contributed by atoms with Crippen molar-refractivity contribution in [2.75, 3.05) is 31.1 Å². The van der Waals surface area contributed by atoms with Crippen molar-refractivity contribution in [3.8, 4) is 0 Å². The Hall–Kier alpha value is -4.01. The highest BCUT2D eigenvalue weighted by molar-refractivity contribution is 6.30. The van der Waals surface area contributed by atoms with E-state index in [4.69, 9.17) is 11.6 Å². The zero-order chi connectivity index (χ0) is 26.9. The van der Waals surface area contributed by atoms with Crippen LogP contribution < -0.4 is 10.5 Å². The van der Waals surface area contributed by atoms with Crippen LogP contribution in [0.3, 0.4) is 0 Å². The lowest BCUT2D eigenvalue weighted by molar-refractivity contribution is 0.200. The van der Waals surface area contributed by atoms with E-state index in [9.17, 15) is 4.79 Å². The highest BCUT2D eigenvalue weighted by atomic mass is 35.5. The molecule has 1 fully saturated rings. The molecule has 39 heavy (non-hydrogen) atoms. The number of hydrogen-bond acceptors (Lipinski definition) is 6. The smallest absolute Gasteiger partial charge is 0.253 e. The third-order valence-corrected chi connectivity index (χ3v) is 7.82. The summed E-state index contributed by atoms with van der Waals surface area (Å²) in [7, 11) is 0. The van der Waals surface area contributed by atoms with Crippen molar-refractivity contribution in [2.24, 2.45) is 0 Å². The molecule has 0 unspecified atom stereocenters. The molecule has 0 saturated carbocycles. The van der Waals surface area contributed by atoms with Crippen molar-refractivity contribution in [2.45, 2.75) is 26.4 Å². The summed E-state index contributed by atoms with van der Waals surface area (Å²) in [6.07, 6.45) is 0. The van der Waals surface area contributed by atoms with Gasteiger partial charge in [-0.2, -0.15) is 0 Å². The standard InChI is InChI=1S/C30H30ClN7O/c1-20-11-12-24(31)18-26(20)36-13-15-37(16-14-36)28(25-17-23-10-6-7-21(2)27(23)32-30(25)39)29-33-34-35-38(29)19-22-8-4-3-5-9-22/h3-12,17-18,28H,13-16,19H2,1-2H3,(H,32,39)/t28-/m0/s1. The molecule has 0 amide bonds. The monoisotopic (exact) mass is 539 g/mol. The van der Waals surface area contributed by atoms with E-state index in [1.807, 2.05) is 66.2 Å². The third-order valence-electron chi connectivity index (χ3n) is 7.58. The van der Waals surface area contributed by atoms with Gasteiger partial charge in [-0.3, -0.25) is 9.69 Å². The SMILES string of the molecule is Cc1ccc(Cl)cc1N1CCN([C@@H](c2cc3cccc(C)c3[nH]c2=O)c2nnnn2Cc2ccccc2)CC1. The van der Waals surface area contributed by atoms with Gasteiger partial charge in [-0.05, 0) is 64.5 Å². The Kier molecular flexibility index (Phi) is 6.89. The second-order valence-electron chi connectivity index (χ2n) is 10.1. The zero-order valence-electron chi connectivity index (χ0n) is 22.0. The predicted octanol–water partition coefficient (Wildman–Crippen LogP) is 4.74. The first-order valence-corrected chi connectivity index (χ1v) is 13.5. The molecule has 2 aromatic heterocycles. The van der Waals surface area contributed by atoms with Gasteiger partial charge in [0.2, 0.25) is 0 Å². The van der Waals surface area contributed by atoms with Crippen LogP contribution in [0.2, 0.25) is 5.02 Å². The van der Waals surface area contributed by atoms with Gasteiger partial charge in [0.05, 0.1) is 12.1 Å². The molecule has 5 aromatic rings. The summed E-state index contributed by atoms with van der Waals surface area (Å²) < 4.78 is 1.81. The van der Waals surface area contributed by atoms with Gasteiger partial charge in [-0.25, -0.2) is 4.68 Å². The molecule has 9 heteroatoms. The Morgan fingerprint density at radius 1 is 0.923 bits per heavy atom. The number of halogens is 1. The zero-order valence-corrected chi connectivity index (χ0v) is 22.8. The van der Waals surface area contributed by atoms with Crippen LogP contribution in [0, 0.1) is 13.8 Å². The fraction of sp³-hybridized carbons (Fsp3) is 0.267. The van der Waals surface area contributed by atoms with Crippen molar-refractivity contribution in [1.82, 2.24) is 30.1 Å². The van der Waals surface area contributed by atoms with Gasteiger partial charge in [-0.15, -0.1) is 5.10 Å². The topological polar surface area (TPSA) is 82.9 Å². The number of fused-ring (bicyclic) bond motifs is 1. The largest absolute Gasteiger partial charge is 0.369 e. The lowest BCUT2D eigenvalue weighted by Gasteiger charge is -2.40. The van der Waals surface area contributed by atoms with Gasteiger partial charge in [-0.1, -0.05) is 66.2 Å². The van der Waals surface area contributed by atoms with Crippen LogP contribution in [0.4, 0.5) is 5.69 Å². The summed E-state index contributed by atoms with van der Waals surface area (Å²) in [5.41, 5.74) is 5.84. The number of piperazine rings is 1. The average molecular weight is 540 g/mol. The normalized spacial score (nSPS) is 15.1. The summed E-state index contributed by atoms with van der Waals surface area (Å²) in [4.78, 5) is 21.4. The molecule has 8 nitrogen and oxygen atoms in total. The maximum Gasteiger partial charge on any atom is 0.253 e. The van der Waals surface area contributed by atoms with Crippen molar-refractivity contribution in [3.05, 3.63) is 116 Å². The van der Waals surface area contributed by atoms with E-state index in [0.29, 0.717) is 17.9 Å². The molecular weight excluding hydrogens is 510 g/mol. The van der Waals surface area contributed by atoms with E-state index in [1.165, 1.54) is 5.56 Å². The maximum atomic E-state index is 13.6. The summed E-state index contributed by atoms with van der Waals surface area (Å²) in [5.74, 6) is 0.656. The first-order valence-electron chi connectivity index (χ1n) is 13.2. The Balaban J connectivity index is 1.39. The molecule has 1 aliphatic heterocycles. The number of pyridine rings is 1. The number of anilines is 1. The molecule has 0 aliphatic carbocycles. The summed E-state index contributed by atoms with van der Waals surface area (Å²) in [5, 5.41) is 14.6. The highest BCUT2D eigenvalue weighted by Gasteiger charge is 2.33. The number of aromatic amines is 1. The van der Waals surface area contributed by atoms with E-state index < -0.39 is 6.04 Å². The number of aryl methyl sites for hydroxylation is 2. The molecular formula is C30H30ClN7O. The number of aromatic nitrogens is 5. The Morgan fingerprint density at radius 2 is 1.72 bits per heavy atom. The number of para-hydroxylation sites is 1. The summed E-state index contributed by atoms with van der Waals surface area (Å²) in [6, 6.07) is 23.8. The van der Waals surface area contributed by atoms with Gasteiger partial charge < -0.3 is 9.88 Å². The third kappa shape index (κ3) is 5.05. The van der Waals surface area contributed by atoms with Crippen molar-refractivity contribution < 1.29 is 0 Å². The summed E-state index contributed by atoms with van der Waals surface area (Å²) >= 11 is 6.32. The molecule has 0 spiro atoms. The molecule has 1 saturated heterocycles. The number of H-pyrrole nitrogens is 1. The molecule has 0 radical (unpaired) electrons. The van der Waals surface area contributed by atoms with Gasteiger partial charge in [0, 0.05) is 42.5 Å². The quantitative estimate of drug-likeness (QED) is 0.335. The van der Waals surface area contributed by atoms with Crippen molar-refractivity contribution in [3.63, 3.8) is 0 Å². The van der Waals surface area contributed by atoms with Crippen molar-refractivity contribution >= 4 is 28.2 Å². The van der Waals surface area contributed by atoms with Crippen LogP contribution in [0.1, 0.15) is 34.1 Å². The van der Waals surface area contributed by atoms with E-state index >= 15 is 0 Å². The molecule has 1 N–H and O–H groups in total. The molecule has 198 valence electrons. The number of nitrogens with zero attached hydrogens (tertiary/aromatic N) is 6. The van der Waals surface area contributed by atoms with Crippen molar-refractivity contribution in [1.29, 1.82) is 0 Å². The van der Waals surface area contributed by atoms with E-state index in [1.54, 1.807) is 0 Å². The number of tetrazole rings is 1. The van der Waals surface area contributed by atoms with Crippen LogP contribution in [-0.2, 0) is 6.54 Å². The molecule has 1 aliphatic rings. The minimum atomic E-state index is -0.403. The van der Waals surface area contributed by atoms with Crippen LogP contribution >= 0.6 is 11.6 Å². The second kappa shape index (κ2) is 10.6. The maximum absolute atomic E-state index is 13.6. The molecule has 3 aromatic carbocycles. The van der Waals surface area contributed by atoms with Gasteiger partial charge in [0.1, 0.15) is 6.04 Å². The number of hydrogen-bond donors (Lipinski definition) is 1. The minimum absolute atomic E-state index is 0.121. The fourth-order valence-electron chi connectivity index (χ4n) is 5.52. The average Bonchev–Trinajstić information content (AvgIpc) is 3.39. The Morgan fingerprint density at radius 3 is 2.51 bits per heavy atom. The van der Waals surface area contributed by atoms with Gasteiger partial charge in [0.25, 0.3) is 5.56 Å². The number of nitrogens with one attached hydrogen (secondary N) is 1.